The highest BCUT2D eigenvalue weighted by Crippen LogP contribution is 2.24. The van der Waals surface area contributed by atoms with E-state index in [4.69, 9.17) is 9.49 Å². The molecule has 31 heavy (non-hydrogen) atoms. The van der Waals surface area contributed by atoms with Gasteiger partial charge in [-0.15, -0.1) is 0 Å². The fraction of sp³-hybridized carbons (Fsp3) is 0.474. The van der Waals surface area contributed by atoms with Crippen molar-refractivity contribution in [2.24, 2.45) is 0 Å². The number of rotatable bonds is 5. The lowest BCUT2D eigenvalue weighted by atomic mass is 10.0. The summed E-state index contributed by atoms with van der Waals surface area (Å²) in [5.74, 6) is -1.07. The minimum absolute atomic E-state index is 0.0346. The van der Waals surface area contributed by atoms with Gasteiger partial charge in [-0.25, -0.2) is 18.9 Å². The van der Waals surface area contributed by atoms with Crippen molar-refractivity contribution in [3.05, 3.63) is 41.7 Å². The third kappa shape index (κ3) is 5.66. The Labute approximate surface area is 182 Å². The van der Waals surface area contributed by atoms with Crippen molar-refractivity contribution in [1.82, 2.24) is 24.6 Å². The van der Waals surface area contributed by atoms with Crippen LogP contribution in [0.3, 0.4) is 0 Å². The molecule has 1 aromatic carbocycles. The summed E-state index contributed by atoms with van der Waals surface area (Å²) >= 11 is -2.00. The largest absolute Gasteiger partial charge is 0.331 e. The predicted molar refractivity (Wildman–Crippen MR) is 111 cm³/mol. The van der Waals surface area contributed by atoms with Crippen LogP contribution in [0.2, 0.25) is 0 Å². The summed E-state index contributed by atoms with van der Waals surface area (Å²) in [6.45, 7) is 1.19. The standard InChI is InChI=1S/C19H26FN5O5S/c1-22(2)19(27)23-11-12-25(17(13-23)18(26)21-28)31(29)30-24-9-7-15(8-10-24)14-3-5-16(20)6-4-14/h3-7,17,28H,8-13H2,1-2H3,(H,21,26)/t17-,31?/m1/s1. The van der Waals surface area contributed by atoms with Crippen molar-refractivity contribution in [3.63, 3.8) is 0 Å². The normalized spacial score (nSPS) is 21.4. The van der Waals surface area contributed by atoms with Crippen molar-refractivity contribution in [1.29, 1.82) is 0 Å². The van der Waals surface area contributed by atoms with E-state index in [2.05, 4.69) is 0 Å². The highest BCUT2D eigenvalue weighted by molar-refractivity contribution is 7.77. The monoisotopic (exact) mass is 455 g/mol. The zero-order valence-corrected chi connectivity index (χ0v) is 18.2. The number of nitrogens with zero attached hydrogens (tertiary/aromatic N) is 4. The molecule has 2 N–H and O–H groups in total. The van der Waals surface area contributed by atoms with Gasteiger partial charge in [-0.05, 0) is 29.7 Å². The molecule has 0 bridgehead atoms. The van der Waals surface area contributed by atoms with Crippen LogP contribution in [0.1, 0.15) is 12.0 Å². The lowest BCUT2D eigenvalue weighted by Gasteiger charge is -2.39. The summed E-state index contributed by atoms with van der Waals surface area (Å²) < 4.78 is 32.8. The van der Waals surface area contributed by atoms with Crippen molar-refractivity contribution < 1.29 is 27.7 Å². The van der Waals surface area contributed by atoms with E-state index in [9.17, 15) is 18.2 Å². The third-order valence-electron chi connectivity index (χ3n) is 5.14. The molecule has 1 saturated heterocycles. The summed E-state index contributed by atoms with van der Waals surface area (Å²) in [5.41, 5.74) is 3.53. The van der Waals surface area contributed by atoms with Crippen molar-refractivity contribution >= 4 is 28.8 Å². The number of halogens is 1. The summed E-state index contributed by atoms with van der Waals surface area (Å²) in [5, 5.41) is 10.6. The van der Waals surface area contributed by atoms with Crippen LogP contribution in [0.5, 0.6) is 0 Å². The van der Waals surface area contributed by atoms with Crippen LogP contribution in [0.4, 0.5) is 9.18 Å². The summed E-state index contributed by atoms with van der Waals surface area (Å²) in [7, 11) is 3.20. The van der Waals surface area contributed by atoms with Gasteiger partial charge < -0.3 is 9.80 Å². The maximum atomic E-state index is 13.1. The van der Waals surface area contributed by atoms with E-state index in [-0.39, 0.29) is 31.5 Å². The van der Waals surface area contributed by atoms with Crippen LogP contribution >= 0.6 is 0 Å². The number of benzene rings is 1. The fourth-order valence-corrected chi connectivity index (χ4v) is 4.47. The lowest BCUT2D eigenvalue weighted by Crippen LogP contribution is -2.61. The van der Waals surface area contributed by atoms with Gasteiger partial charge in [0.1, 0.15) is 11.9 Å². The van der Waals surface area contributed by atoms with E-state index in [0.717, 1.165) is 11.1 Å². The topological polar surface area (TPSA) is 106 Å². The van der Waals surface area contributed by atoms with Crippen molar-refractivity contribution in [3.8, 4) is 0 Å². The second-order valence-electron chi connectivity index (χ2n) is 7.42. The average Bonchev–Trinajstić information content (AvgIpc) is 2.78. The number of carbonyl (C=O) groups excluding carboxylic acids is 2. The summed E-state index contributed by atoms with van der Waals surface area (Å²) in [6, 6.07) is 4.92. The van der Waals surface area contributed by atoms with Gasteiger partial charge >= 0.3 is 6.03 Å². The second kappa shape index (κ2) is 10.3. The van der Waals surface area contributed by atoms with Crippen molar-refractivity contribution in [2.45, 2.75) is 12.5 Å². The van der Waals surface area contributed by atoms with Gasteiger partial charge in [-0.2, -0.15) is 13.7 Å². The molecule has 170 valence electrons. The van der Waals surface area contributed by atoms with E-state index in [0.29, 0.717) is 19.5 Å². The van der Waals surface area contributed by atoms with Crippen LogP contribution in [0.15, 0.2) is 30.3 Å². The SMILES string of the molecule is CN(C)C(=O)N1CCN(S(=O)ON2CC=C(c3ccc(F)cc3)CC2)[C@@H](C(=O)NO)C1. The summed E-state index contributed by atoms with van der Waals surface area (Å²) in [6.07, 6.45) is 2.54. The first kappa shape index (κ1) is 23.3. The van der Waals surface area contributed by atoms with Gasteiger partial charge in [0.15, 0.2) is 0 Å². The molecular weight excluding hydrogens is 429 g/mol. The number of hydroxylamine groups is 3. The molecule has 3 amide bonds. The molecule has 0 aromatic heterocycles. The van der Waals surface area contributed by atoms with Crippen LogP contribution in [-0.4, -0.2) is 93.4 Å². The molecular formula is C19H26FN5O5S. The van der Waals surface area contributed by atoms with Gasteiger partial charge in [0.05, 0.1) is 0 Å². The fourth-order valence-electron chi connectivity index (χ4n) is 3.47. The smallest absolute Gasteiger partial charge is 0.319 e. The molecule has 0 radical (unpaired) electrons. The van der Waals surface area contributed by atoms with E-state index in [1.807, 2.05) is 6.08 Å². The Bertz CT molecular complexity index is 866. The first-order chi connectivity index (χ1) is 14.8. The van der Waals surface area contributed by atoms with Gasteiger partial charge in [-0.3, -0.25) is 10.0 Å². The molecule has 3 rings (SSSR count). The zero-order valence-electron chi connectivity index (χ0n) is 17.4. The molecule has 2 aliphatic heterocycles. The first-order valence-corrected chi connectivity index (χ1v) is 10.8. The Balaban J connectivity index is 1.62. The highest BCUT2D eigenvalue weighted by Gasteiger charge is 2.39. The molecule has 2 atom stereocenters. The number of amides is 3. The first-order valence-electron chi connectivity index (χ1n) is 9.77. The molecule has 10 nitrogen and oxygen atoms in total. The predicted octanol–water partition coefficient (Wildman–Crippen LogP) is 0.598. The molecule has 1 unspecified atom stereocenters. The van der Waals surface area contributed by atoms with E-state index < -0.39 is 23.2 Å². The lowest BCUT2D eigenvalue weighted by molar-refractivity contribution is -0.135. The van der Waals surface area contributed by atoms with E-state index >= 15 is 0 Å². The minimum atomic E-state index is -2.00. The Morgan fingerprint density at radius 2 is 1.94 bits per heavy atom. The van der Waals surface area contributed by atoms with E-state index in [1.165, 1.54) is 31.3 Å². The van der Waals surface area contributed by atoms with Crippen LogP contribution in [-0.2, 0) is 20.3 Å². The Hall–Kier alpha value is -2.38. The highest BCUT2D eigenvalue weighted by atomic mass is 32.2. The molecule has 0 spiro atoms. The van der Waals surface area contributed by atoms with Crippen LogP contribution < -0.4 is 5.48 Å². The van der Waals surface area contributed by atoms with Gasteiger partial charge in [0.25, 0.3) is 17.2 Å². The number of piperazine rings is 1. The number of carbonyl (C=O) groups is 2. The molecule has 2 aliphatic rings. The van der Waals surface area contributed by atoms with Gasteiger partial charge in [-0.1, -0.05) is 18.2 Å². The molecule has 1 fully saturated rings. The minimum Gasteiger partial charge on any atom is -0.331 e. The van der Waals surface area contributed by atoms with Gasteiger partial charge in [0, 0.05) is 46.8 Å². The quantitative estimate of drug-likeness (QED) is 0.498. The Morgan fingerprint density at radius 3 is 2.52 bits per heavy atom. The molecule has 1 aromatic rings. The average molecular weight is 456 g/mol. The van der Waals surface area contributed by atoms with Crippen molar-refractivity contribution in [2.75, 3.05) is 46.8 Å². The molecule has 0 saturated carbocycles. The third-order valence-corrected chi connectivity index (χ3v) is 6.30. The van der Waals surface area contributed by atoms with Crippen LogP contribution in [0.25, 0.3) is 5.57 Å². The maximum Gasteiger partial charge on any atom is 0.319 e. The maximum absolute atomic E-state index is 13.1. The Kier molecular flexibility index (Phi) is 7.73. The molecule has 0 aliphatic carbocycles. The number of nitrogens with one attached hydrogen (secondary N) is 1. The number of hydrogen-bond donors (Lipinski definition) is 2. The Morgan fingerprint density at radius 1 is 1.23 bits per heavy atom. The van der Waals surface area contributed by atoms with Gasteiger partial charge in [0.2, 0.25) is 0 Å². The van der Waals surface area contributed by atoms with Crippen LogP contribution in [0, 0.1) is 5.82 Å². The zero-order chi connectivity index (χ0) is 22.5. The molecule has 2 heterocycles. The number of hydrogen-bond acceptors (Lipinski definition) is 6. The summed E-state index contributed by atoms with van der Waals surface area (Å²) in [4.78, 5) is 27.2. The molecule has 12 heteroatoms. The van der Waals surface area contributed by atoms with E-state index in [1.54, 1.807) is 31.7 Å². The number of urea groups is 1. The second-order valence-corrected chi connectivity index (χ2v) is 8.47.